The second-order valence-electron chi connectivity index (χ2n) is 5.64. The molecule has 0 unspecified atom stereocenters. The van der Waals surface area contributed by atoms with E-state index in [-0.39, 0.29) is 11.3 Å². The first-order chi connectivity index (χ1) is 12.6. The van der Waals surface area contributed by atoms with Crippen molar-refractivity contribution >= 4 is 28.4 Å². The van der Waals surface area contributed by atoms with E-state index in [9.17, 15) is 14.3 Å². The van der Waals surface area contributed by atoms with Crippen LogP contribution in [0.25, 0.3) is 22.2 Å². The van der Waals surface area contributed by atoms with E-state index in [0.717, 1.165) is 0 Å². The van der Waals surface area contributed by atoms with Gasteiger partial charge in [0.25, 0.3) is 0 Å². The molecule has 2 N–H and O–H groups in total. The van der Waals surface area contributed by atoms with Gasteiger partial charge in [-0.05, 0) is 35.9 Å². The highest BCUT2D eigenvalue weighted by Gasteiger charge is 2.19. The molecule has 0 amide bonds. The maximum absolute atomic E-state index is 14.1. The van der Waals surface area contributed by atoms with Gasteiger partial charge in [0.05, 0.1) is 16.9 Å². The first-order valence-electron chi connectivity index (χ1n) is 7.85. The molecule has 4 aromatic rings. The number of fused-ring (bicyclic) bond motifs is 1. The maximum Gasteiger partial charge on any atom is 0.336 e. The highest BCUT2D eigenvalue weighted by Crippen LogP contribution is 2.38. The largest absolute Gasteiger partial charge is 0.478 e. The van der Waals surface area contributed by atoms with Crippen molar-refractivity contribution in [3.05, 3.63) is 78.4 Å². The number of oxazole rings is 1. The van der Waals surface area contributed by atoms with Crippen LogP contribution in [0.15, 0.2) is 71.5 Å². The second kappa shape index (κ2) is 6.33. The third-order valence-corrected chi connectivity index (χ3v) is 4.08. The van der Waals surface area contributed by atoms with E-state index in [0.29, 0.717) is 27.9 Å². The fourth-order valence-corrected chi connectivity index (χ4v) is 2.88. The van der Waals surface area contributed by atoms with Gasteiger partial charge in [-0.2, -0.15) is 0 Å². The summed E-state index contributed by atoms with van der Waals surface area (Å²) in [6, 6.07) is 16.3. The van der Waals surface area contributed by atoms with Gasteiger partial charge in [-0.3, -0.25) is 0 Å². The average molecular weight is 348 g/mol. The van der Waals surface area contributed by atoms with Crippen molar-refractivity contribution in [2.45, 2.75) is 0 Å². The number of nitrogens with zero attached hydrogens (tertiary/aromatic N) is 1. The summed E-state index contributed by atoms with van der Waals surface area (Å²) in [5.41, 5.74) is 2.94. The Morgan fingerprint density at radius 2 is 1.77 bits per heavy atom. The van der Waals surface area contributed by atoms with Crippen molar-refractivity contribution in [3.63, 3.8) is 0 Å². The first kappa shape index (κ1) is 15.8. The summed E-state index contributed by atoms with van der Waals surface area (Å²) in [6.45, 7) is 0. The Labute approximate surface area is 147 Å². The van der Waals surface area contributed by atoms with Crippen LogP contribution in [0.1, 0.15) is 10.4 Å². The molecule has 0 aliphatic rings. The molecule has 0 saturated heterocycles. The summed E-state index contributed by atoms with van der Waals surface area (Å²) in [6.07, 6.45) is 1.30. The molecule has 1 heterocycles. The third kappa shape index (κ3) is 2.67. The minimum absolute atomic E-state index is 0.142. The van der Waals surface area contributed by atoms with Gasteiger partial charge in [-0.15, -0.1) is 0 Å². The minimum atomic E-state index is -1.05. The number of benzene rings is 3. The van der Waals surface area contributed by atoms with Crippen LogP contribution < -0.4 is 5.32 Å². The number of hydrogen-bond acceptors (Lipinski definition) is 4. The lowest BCUT2D eigenvalue weighted by atomic mass is 9.97. The van der Waals surface area contributed by atoms with E-state index in [1.807, 2.05) is 0 Å². The molecular weight excluding hydrogens is 335 g/mol. The lowest BCUT2D eigenvalue weighted by Crippen LogP contribution is -2.02. The quantitative estimate of drug-likeness (QED) is 0.538. The molecule has 0 fully saturated rings. The van der Waals surface area contributed by atoms with Gasteiger partial charge in [0, 0.05) is 5.56 Å². The number of carbonyl (C=O) groups is 1. The van der Waals surface area contributed by atoms with Crippen LogP contribution in [0.5, 0.6) is 0 Å². The van der Waals surface area contributed by atoms with E-state index < -0.39 is 11.8 Å². The fourth-order valence-electron chi connectivity index (χ4n) is 2.88. The summed E-state index contributed by atoms with van der Waals surface area (Å²) >= 11 is 0. The number of aromatic carboxylic acids is 1. The van der Waals surface area contributed by atoms with Gasteiger partial charge in [-0.1, -0.05) is 30.3 Å². The molecule has 0 aliphatic carbocycles. The summed E-state index contributed by atoms with van der Waals surface area (Å²) in [5.74, 6) is -1.48. The van der Waals surface area contributed by atoms with Crippen LogP contribution in [0.2, 0.25) is 0 Å². The molecule has 0 aliphatic heterocycles. The average Bonchev–Trinajstić information content (AvgIpc) is 3.13. The SMILES string of the molecule is O=C(O)c1ccccc1-c1ccc2ncoc2c1Nc1ccccc1F. The Hall–Kier alpha value is -3.67. The zero-order chi connectivity index (χ0) is 18.1. The predicted octanol–water partition coefficient (Wildman–Crippen LogP) is 5.08. The van der Waals surface area contributed by atoms with E-state index in [2.05, 4.69) is 10.3 Å². The van der Waals surface area contributed by atoms with E-state index in [1.54, 1.807) is 48.5 Å². The maximum atomic E-state index is 14.1. The molecule has 0 spiro atoms. The smallest absolute Gasteiger partial charge is 0.336 e. The number of carboxylic acid groups (broad SMARTS) is 1. The molecule has 128 valence electrons. The molecule has 5 nitrogen and oxygen atoms in total. The Bertz CT molecular complexity index is 1120. The summed E-state index contributed by atoms with van der Waals surface area (Å²) in [4.78, 5) is 15.7. The van der Waals surface area contributed by atoms with Gasteiger partial charge in [0.1, 0.15) is 11.3 Å². The molecule has 6 heteroatoms. The zero-order valence-electron chi connectivity index (χ0n) is 13.4. The van der Waals surface area contributed by atoms with Crippen LogP contribution in [0, 0.1) is 5.82 Å². The van der Waals surface area contributed by atoms with E-state index in [1.165, 1.54) is 18.5 Å². The van der Waals surface area contributed by atoms with Crippen molar-refractivity contribution in [3.8, 4) is 11.1 Å². The number of nitrogens with one attached hydrogen (secondary N) is 1. The zero-order valence-corrected chi connectivity index (χ0v) is 13.4. The van der Waals surface area contributed by atoms with Crippen LogP contribution in [-0.4, -0.2) is 16.1 Å². The molecule has 3 aromatic carbocycles. The number of carboxylic acids is 1. The van der Waals surface area contributed by atoms with Crippen molar-refractivity contribution in [1.82, 2.24) is 4.98 Å². The third-order valence-electron chi connectivity index (χ3n) is 4.08. The number of aromatic nitrogens is 1. The minimum Gasteiger partial charge on any atom is -0.478 e. The summed E-state index contributed by atoms with van der Waals surface area (Å²) in [5, 5.41) is 12.5. The monoisotopic (exact) mass is 348 g/mol. The lowest BCUT2D eigenvalue weighted by molar-refractivity contribution is 0.0697. The van der Waals surface area contributed by atoms with Gasteiger partial charge in [0.15, 0.2) is 12.0 Å². The molecule has 4 rings (SSSR count). The van der Waals surface area contributed by atoms with E-state index in [4.69, 9.17) is 4.42 Å². The van der Waals surface area contributed by atoms with Crippen LogP contribution >= 0.6 is 0 Å². The molecule has 1 aromatic heterocycles. The van der Waals surface area contributed by atoms with Crippen LogP contribution in [0.3, 0.4) is 0 Å². The van der Waals surface area contributed by atoms with Crippen LogP contribution in [-0.2, 0) is 0 Å². The standard InChI is InChI=1S/C20H13FN2O3/c21-15-7-3-4-8-16(15)23-18-13(9-10-17-19(18)26-11-22-17)12-5-1-2-6-14(12)20(24)25/h1-11,23H,(H,24,25). The van der Waals surface area contributed by atoms with Crippen molar-refractivity contribution < 1.29 is 18.7 Å². The first-order valence-corrected chi connectivity index (χ1v) is 7.85. The topological polar surface area (TPSA) is 75.4 Å². The number of para-hydroxylation sites is 1. The second-order valence-corrected chi connectivity index (χ2v) is 5.64. The van der Waals surface area contributed by atoms with Crippen molar-refractivity contribution in [1.29, 1.82) is 0 Å². The van der Waals surface area contributed by atoms with Gasteiger partial charge in [0.2, 0.25) is 0 Å². The number of rotatable bonds is 4. The highest BCUT2D eigenvalue weighted by atomic mass is 19.1. The van der Waals surface area contributed by atoms with Crippen molar-refractivity contribution in [2.24, 2.45) is 0 Å². The van der Waals surface area contributed by atoms with Crippen molar-refractivity contribution in [2.75, 3.05) is 5.32 Å². The predicted molar refractivity (Wildman–Crippen MR) is 96.1 cm³/mol. The van der Waals surface area contributed by atoms with Gasteiger partial charge in [-0.25, -0.2) is 14.2 Å². The normalized spacial score (nSPS) is 10.8. The Kier molecular flexibility index (Phi) is 3.85. The van der Waals surface area contributed by atoms with Gasteiger partial charge >= 0.3 is 5.97 Å². The highest BCUT2D eigenvalue weighted by molar-refractivity contribution is 6.03. The van der Waals surface area contributed by atoms with Crippen LogP contribution in [0.4, 0.5) is 15.8 Å². The molecule has 0 saturated carbocycles. The molecular formula is C20H13FN2O3. The number of hydrogen-bond donors (Lipinski definition) is 2. The fraction of sp³-hybridized carbons (Fsp3) is 0. The summed E-state index contributed by atoms with van der Waals surface area (Å²) in [7, 11) is 0. The Morgan fingerprint density at radius 1 is 1.00 bits per heavy atom. The summed E-state index contributed by atoms with van der Waals surface area (Å²) < 4.78 is 19.6. The Balaban J connectivity index is 1.97. The van der Waals surface area contributed by atoms with E-state index >= 15 is 0 Å². The lowest BCUT2D eigenvalue weighted by Gasteiger charge is -2.14. The molecule has 0 atom stereocenters. The number of halogens is 1. The molecule has 0 bridgehead atoms. The molecule has 0 radical (unpaired) electrons. The van der Waals surface area contributed by atoms with Gasteiger partial charge < -0.3 is 14.8 Å². The number of anilines is 2. The molecule has 26 heavy (non-hydrogen) atoms. The Morgan fingerprint density at radius 3 is 2.58 bits per heavy atom.